The van der Waals surface area contributed by atoms with Crippen molar-refractivity contribution in [3.8, 4) is 0 Å². The molecule has 1 aromatic carbocycles. The van der Waals surface area contributed by atoms with E-state index in [1.165, 1.54) is 23.5 Å². The van der Waals surface area contributed by atoms with Gasteiger partial charge in [-0.25, -0.2) is 13.1 Å². The lowest BCUT2D eigenvalue weighted by molar-refractivity contribution is 0.567. The van der Waals surface area contributed by atoms with Gasteiger partial charge < -0.3 is 5.73 Å². The van der Waals surface area contributed by atoms with Crippen molar-refractivity contribution in [2.75, 3.05) is 0 Å². The number of thiocarbonyl (C=S) groups is 1. The summed E-state index contributed by atoms with van der Waals surface area (Å²) in [5.41, 5.74) is 6.88. The summed E-state index contributed by atoms with van der Waals surface area (Å²) >= 11 is 12.4. The number of halogens is 1. The molecule has 0 radical (unpaired) electrons. The second-order valence-corrected chi connectivity index (χ2v) is 7.72. The quantitative estimate of drug-likeness (QED) is 0.804. The van der Waals surface area contributed by atoms with Crippen molar-refractivity contribution in [1.29, 1.82) is 0 Å². The molecule has 0 saturated carbocycles. The Morgan fingerprint density at radius 1 is 1.43 bits per heavy atom. The average Bonchev–Trinajstić information content (AvgIpc) is 2.92. The van der Waals surface area contributed by atoms with Crippen molar-refractivity contribution in [2.45, 2.75) is 17.9 Å². The number of benzene rings is 1. The van der Waals surface area contributed by atoms with Crippen LogP contribution in [0.5, 0.6) is 0 Å². The smallest absolute Gasteiger partial charge is 0.242 e. The summed E-state index contributed by atoms with van der Waals surface area (Å²) in [6, 6.07) is 5.95. The molecular formula is C13H13ClN2O2S3. The molecule has 2 aromatic rings. The normalized spacial score (nSPS) is 13.0. The molecule has 0 aliphatic carbocycles. The molecule has 112 valence electrons. The molecule has 0 aliphatic heterocycles. The van der Waals surface area contributed by atoms with Crippen molar-refractivity contribution in [1.82, 2.24) is 4.72 Å². The van der Waals surface area contributed by atoms with E-state index in [-0.39, 0.29) is 20.9 Å². The van der Waals surface area contributed by atoms with E-state index >= 15 is 0 Å². The van der Waals surface area contributed by atoms with Crippen molar-refractivity contribution < 1.29 is 8.42 Å². The maximum atomic E-state index is 12.5. The minimum absolute atomic E-state index is 0.0310. The Labute approximate surface area is 138 Å². The van der Waals surface area contributed by atoms with Crippen molar-refractivity contribution >= 4 is 50.2 Å². The van der Waals surface area contributed by atoms with Gasteiger partial charge in [0.1, 0.15) is 9.88 Å². The highest BCUT2D eigenvalue weighted by molar-refractivity contribution is 7.89. The molecule has 4 nitrogen and oxygen atoms in total. The lowest BCUT2D eigenvalue weighted by Crippen LogP contribution is -2.27. The Balaban J connectivity index is 2.35. The van der Waals surface area contributed by atoms with Crippen LogP contribution in [0.3, 0.4) is 0 Å². The fraction of sp³-hybridized carbons (Fsp3) is 0.154. The summed E-state index contributed by atoms with van der Waals surface area (Å²) in [6.45, 7) is 1.77. The number of nitrogens with two attached hydrogens (primary N) is 1. The standard InChI is InChI=1S/C13H13ClN2O2S3/c1-8(10-4-5-20-7-10)16-21(17,18)12-6-9(13(15)19)2-3-11(12)14/h2-8,16H,1H3,(H2,15,19). The highest BCUT2D eigenvalue weighted by Gasteiger charge is 2.22. The zero-order valence-corrected chi connectivity index (χ0v) is 14.2. The number of thiophene rings is 1. The van der Waals surface area contributed by atoms with E-state index in [1.54, 1.807) is 13.0 Å². The van der Waals surface area contributed by atoms with Gasteiger partial charge in [0.05, 0.1) is 5.02 Å². The molecule has 1 unspecified atom stereocenters. The summed E-state index contributed by atoms with van der Waals surface area (Å²) in [7, 11) is -3.76. The summed E-state index contributed by atoms with van der Waals surface area (Å²) < 4.78 is 27.5. The van der Waals surface area contributed by atoms with Crippen LogP contribution in [-0.2, 0) is 10.0 Å². The van der Waals surface area contributed by atoms with Crippen LogP contribution < -0.4 is 10.5 Å². The van der Waals surface area contributed by atoms with E-state index in [1.807, 2.05) is 16.8 Å². The first-order chi connectivity index (χ1) is 9.81. The number of hydrogen-bond acceptors (Lipinski definition) is 4. The molecule has 0 saturated heterocycles. The topological polar surface area (TPSA) is 72.2 Å². The van der Waals surface area contributed by atoms with Crippen LogP contribution in [0.25, 0.3) is 0 Å². The fourth-order valence-corrected chi connectivity index (χ4v) is 4.39. The van der Waals surface area contributed by atoms with Gasteiger partial charge in [0, 0.05) is 11.6 Å². The molecule has 8 heteroatoms. The van der Waals surface area contributed by atoms with Gasteiger partial charge in [-0.05, 0) is 41.4 Å². The van der Waals surface area contributed by atoms with Crippen LogP contribution in [0.2, 0.25) is 5.02 Å². The first kappa shape index (κ1) is 16.4. The van der Waals surface area contributed by atoms with Gasteiger partial charge in [-0.3, -0.25) is 0 Å². The zero-order chi connectivity index (χ0) is 15.6. The second kappa shape index (κ2) is 6.41. The zero-order valence-electron chi connectivity index (χ0n) is 11.0. The Morgan fingerprint density at radius 2 is 2.14 bits per heavy atom. The predicted octanol–water partition coefficient (Wildman–Crippen LogP) is 3.08. The summed E-state index contributed by atoms with van der Waals surface area (Å²) in [5.74, 6) is 0. The highest BCUT2D eigenvalue weighted by Crippen LogP contribution is 2.25. The van der Waals surface area contributed by atoms with E-state index in [0.717, 1.165) is 5.56 Å². The van der Waals surface area contributed by atoms with E-state index in [9.17, 15) is 8.42 Å². The van der Waals surface area contributed by atoms with Crippen LogP contribution in [0.1, 0.15) is 24.1 Å². The molecule has 0 bridgehead atoms. The van der Waals surface area contributed by atoms with E-state index in [2.05, 4.69) is 4.72 Å². The third-order valence-electron chi connectivity index (χ3n) is 2.88. The van der Waals surface area contributed by atoms with Gasteiger partial charge in [0.25, 0.3) is 0 Å². The van der Waals surface area contributed by atoms with E-state index in [0.29, 0.717) is 5.56 Å². The minimum Gasteiger partial charge on any atom is -0.389 e. The lowest BCUT2D eigenvalue weighted by Gasteiger charge is -2.14. The monoisotopic (exact) mass is 360 g/mol. The summed E-state index contributed by atoms with van der Waals surface area (Å²) in [6.07, 6.45) is 0. The molecular weight excluding hydrogens is 348 g/mol. The lowest BCUT2D eigenvalue weighted by atomic mass is 10.2. The molecule has 1 atom stereocenters. The maximum absolute atomic E-state index is 12.5. The first-order valence-electron chi connectivity index (χ1n) is 5.95. The molecule has 3 N–H and O–H groups in total. The molecule has 1 heterocycles. The van der Waals surface area contributed by atoms with Gasteiger partial charge in [-0.2, -0.15) is 11.3 Å². The van der Waals surface area contributed by atoms with Crippen LogP contribution in [0.4, 0.5) is 0 Å². The molecule has 0 aliphatic rings. The SMILES string of the molecule is CC(NS(=O)(=O)c1cc(C(N)=S)ccc1Cl)c1ccsc1. The Morgan fingerprint density at radius 3 is 2.71 bits per heavy atom. The highest BCUT2D eigenvalue weighted by atomic mass is 35.5. The molecule has 1 aromatic heterocycles. The molecule has 0 fully saturated rings. The maximum Gasteiger partial charge on any atom is 0.242 e. The Bertz CT molecular complexity index is 758. The van der Waals surface area contributed by atoms with Gasteiger partial charge >= 0.3 is 0 Å². The second-order valence-electron chi connectivity index (χ2n) is 4.41. The fourth-order valence-electron chi connectivity index (χ4n) is 1.75. The Hall–Kier alpha value is -0.990. The van der Waals surface area contributed by atoms with Crippen molar-refractivity contribution in [3.63, 3.8) is 0 Å². The molecule has 21 heavy (non-hydrogen) atoms. The number of rotatable bonds is 5. The first-order valence-corrected chi connectivity index (χ1v) is 9.16. The average molecular weight is 361 g/mol. The summed E-state index contributed by atoms with van der Waals surface area (Å²) in [4.78, 5) is 0.0885. The number of nitrogens with one attached hydrogen (secondary N) is 1. The van der Waals surface area contributed by atoms with Crippen LogP contribution in [0, 0.1) is 0 Å². The number of sulfonamides is 1. The van der Waals surface area contributed by atoms with Crippen LogP contribution >= 0.6 is 35.2 Å². The Kier molecular flexibility index (Phi) is 5.00. The van der Waals surface area contributed by atoms with Gasteiger partial charge in [0.15, 0.2) is 0 Å². The van der Waals surface area contributed by atoms with Crippen LogP contribution in [-0.4, -0.2) is 13.4 Å². The van der Waals surface area contributed by atoms with Crippen molar-refractivity contribution in [3.05, 3.63) is 51.2 Å². The molecule has 0 spiro atoms. The van der Waals surface area contributed by atoms with Crippen molar-refractivity contribution in [2.24, 2.45) is 5.73 Å². The van der Waals surface area contributed by atoms with Gasteiger partial charge in [0.2, 0.25) is 10.0 Å². The largest absolute Gasteiger partial charge is 0.389 e. The number of hydrogen-bond donors (Lipinski definition) is 2. The van der Waals surface area contributed by atoms with Gasteiger partial charge in [-0.1, -0.05) is 29.9 Å². The molecule has 2 rings (SSSR count). The third kappa shape index (κ3) is 3.81. The summed E-state index contributed by atoms with van der Waals surface area (Å²) in [5, 5.41) is 3.90. The van der Waals surface area contributed by atoms with Crippen LogP contribution in [0.15, 0.2) is 39.9 Å². The van der Waals surface area contributed by atoms with Gasteiger partial charge in [-0.15, -0.1) is 0 Å². The van der Waals surface area contributed by atoms with E-state index in [4.69, 9.17) is 29.6 Å². The minimum atomic E-state index is -3.76. The third-order valence-corrected chi connectivity index (χ3v) is 5.84. The predicted molar refractivity (Wildman–Crippen MR) is 90.4 cm³/mol. The van der Waals surface area contributed by atoms with E-state index < -0.39 is 10.0 Å². The molecule has 0 amide bonds.